The van der Waals surface area contributed by atoms with Gasteiger partial charge in [0.25, 0.3) is 11.8 Å². The van der Waals surface area contributed by atoms with Crippen molar-refractivity contribution in [3.8, 4) is 5.75 Å². The van der Waals surface area contributed by atoms with Crippen LogP contribution in [0.25, 0.3) is 0 Å². The molecule has 0 unspecified atom stereocenters. The smallest absolute Gasteiger partial charge is 0.446 e. The summed E-state index contributed by atoms with van der Waals surface area (Å²) in [6.45, 7) is -0.614. The molecule has 0 fully saturated rings. The quantitative estimate of drug-likeness (QED) is 0.426. The summed E-state index contributed by atoms with van der Waals surface area (Å²) in [7, 11) is 0. The Kier molecular flexibility index (Phi) is 4.85. The van der Waals surface area contributed by atoms with E-state index >= 15 is 0 Å². The number of aliphatic hydroxyl groups excluding tert-OH is 1. The standard InChI is InChI=1S/C13H11F3N2O4S/c14-13(15,16)23-7-1-2-10(20)8(5-7)17-9-6-11(21)18(3-4-19)12(9)22/h1-2,5-6,17,19-20H,3-4H2. The number of nitrogens with zero attached hydrogens (tertiary/aromatic N) is 1. The van der Waals surface area contributed by atoms with Crippen LogP contribution in [0.4, 0.5) is 18.9 Å². The third-order valence-corrected chi connectivity index (χ3v) is 3.53. The van der Waals surface area contributed by atoms with Crippen molar-refractivity contribution in [1.29, 1.82) is 0 Å². The number of phenolic OH excluding ortho intramolecular Hbond substituents is 1. The summed E-state index contributed by atoms with van der Waals surface area (Å²) in [6.07, 6.45) is 0.945. The van der Waals surface area contributed by atoms with Crippen molar-refractivity contribution in [3.05, 3.63) is 30.0 Å². The second-order valence-corrected chi connectivity index (χ2v) is 5.57. The maximum Gasteiger partial charge on any atom is 0.446 e. The molecule has 0 aromatic heterocycles. The Balaban J connectivity index is 2.20. The summed E-state index contributed by atoms with van der Waals surface area (Å²) in [5.74, 6) is -1.78. The molecule has 2 rings (SSSR count). The first-order valence-electron chi connectivity index (χ1n) is 6.25. The van der Waals surface area contributed by atoms with E-state index in [4.69, 9.17) is 5.11 Å². The number of aromatic hydroxyl groups is 1. The van der Waals surface area contributed by atoms with Gasteiger partial charge in [0.2, 0.25) is 0 Å². The van der Waals surface area contributed by atoms with Crippen molar-refractivity contribution < 1.29 is 33.0 Å². The molecule has 0 spiro atoms. The zero-order valence-corrected chi connectivity index (χ0v) is 12.2. The Morgan fingerprint density at radius 2 is 1.96 bits per heavy atom. The molecule has 1 heterocycles. The number of carbonyl (C=O) groups excluding carboxylic acids is 2. The van der Waals surface area contributed by atoms with Crippen LogP contribution in [0.2, 0.25) is 0 Å². The summed E-state index contributed by atoms with van der Waals surface area (Å²) in [6, 6.07) is 3.14. The van der Waals surface area contributed by atoms with Gasteiger partial charge in [-0.1, -0.05) is 0 Å². The molecule has 1 aromatic carbocycles. The third kappa shape index (κ3) is 4.17. The van der Waals surface area contributed by atoms with Crippen LogP contribution in [0.15, 0.2) is 34.9 Å². The monoisotopic (exact) mass is 348 g/mol. The van der Waals surface area contributed by atoms with E-state index in [0.29, 0.717) is 0 Å². The molecule has 2 amide bonds. The molecule has 1 aliphatic heterocycles. The topological polar surface area (TPSA) is 89.9 Å². The van der Waals surface area contributed by atoms with Crippen LogP contribution in [0.5, 0.6) is 5.75 Å². The van der Waals surface area contributed by atoms with E-state index < -0.39 is 23.9 Å². The Morgan fingerprint density at radius 1 is 1.26 bits per heavy atom. The highest BCUT2D eigenvalue weighted by Gasteiger charge is 2.32. The first-order valence-corrected chi connectivity index (χ1v) is 7.07. The van der Waals surface area contributed by atoms with Gasteiger partial charge in [-0.25, -0.2) is 0 Å². The zero-order chi connectivity index (χ0) is 17.2. The molecule has 3 N–H and O–H groups in total. The lowest BCUT2D eigenvalue weighted by Crippen LogP contribution is -2.34. The fraction of sp³-hybridized carbons (Fsp3) is 0.231. The van der Waals surface area contributed by atoms with Gasteiger partial charge in [-0.3, -0.25) is 14.5 Å². The number of hydrogen-bond acceptors (Lipinski definition) is 6. The average molecular weight is 348 g/mol. The van der Waals surface area contributed by atoms with Gasteiger partial charge in [0.1, 0.15) is 11.4 Å². The fourth-order valence-electron chi connectivity index (χ4n) is 1.87. The maximum atomic E-state index is 12.4. The predicted octanol–water partition coefficient (Wildman–Crippen LogP) is 1.66. The van der Waals surface area contributed by atoms with Gasteiger partial charge in [0, 0.05) is 11.0 Å². The van der Waals surface area contributed by atoms with Crippen LogP contribution in [0.3, 0.4) is 0 Å². The number of halogens is 3. The molecule has 0 saturated carbocycles. The van der Waals surface area contributed by atoms with Gasteiger partial charge in [-0.15, -0.1) is 0 Å². The Labute approximate surface area is 132 Å². The van der Waals surface area contributed by atoms with Crippen molar-refractivity contribution in [2.45, 2.75) is 10.4 Å². The summed E-state index contributed by atoms with van der Waals surface area (Å²) < 4.78 is 37.1. The second kappa shape index (κ2) is 6.50. The number of nitrogens with one attached hydrogen (secondary N) is 1. The first kappa shape index (κ1) is 17.2. The van der Waals surface area contributed by atoms with Gasteiger partial charge >= 0.3 is 5.51 Å². The number of amides is 2. The fourth-order valence-corrected chi connectivity index (χ4v) is 2.45. The van der Waals surface area contributed by atoms with Gasteiger partial charge in [0.15, 0.2) is 0 Å². The summed E-state index contributed by atoms with van der Waals surface area (Å²) in [5, 5.41) is 20.9. The molecule has 0 bridgehead atoms. The van der Waals surface area contributed by atoms with Crippen LogP contribution in [-0.4, -0.2) is 45.6 Å². The number of β-amino-alcohol motifs (C(OH)–C–C–N with tert-alkyl or cyclic N) is 1. The van der Waals surface area contributed by atoms with Crippen molar-refractivity contribution in [2.75, 3.05) is 18.5 Å². The average Bonchev–Trinajstić information content (AvgIpc) is 2.69. The zero-order valence-electron chi connectivity index (χ0n) is 11.4. The lowest BCUT2D eigenvalue weighted by atomic mass is 10.2. The van der Waals surface area contributed by atoms with Gasteiger partial charge in [0.05, 0.1) is 18.8 Å². The molecular formula is C13H11F3N2O4S. The van der Waals surface area contributed by atoms with E-state index in [1.807, 2.05) is 0 Å². The third-order valence-electron chi connectivity index (χ3n) is 2.80. The minimum absolute atomic E-state index is 0.141. The predicted molar refractivity (Wildman–Crippen MR) is 75.5 cm³/mol. The van der Waals surface area contributed by atoms with Crippen LogP contribution in [0.1, 0.15) is 0 Å². The number of thioether (sulfide) groups is 1. The Bertz CT molecular complexity index is 676. The summed E-state index contributed by atoms with van der Waals surface area (Å²) in [4.78, 5) is 24.1. The number of hydrogen-bond donors (Lipinski definition) is 3. The lowest BCUT2D eigenvalue weighted by molar-refractivity contribution is -0.137. The highest BCUT2D eigenvalue weighted by Crippen LogP contribution is 2.39. The second-order valence-electron chi connectivity index (χ2n) is 4.43. The van der Waals surface area contributed by atoms with Crippen LogP contribution in [-0.2, 0) is 9.59 Å². The van der Waals surface area contributed by atoms with Gasteiger partial charge < -0.3 is 15.5 Å². The molecular weight excluding hydrogens is 337 g/mol. The number of phenols is 1. The van der Waals surface area contributed by atoms with Gasteiger partial charge in [-0.2, -0.15) is 13.2 Å². The molecule has 124 valence electrons. The Morgan fingerprint density at radius 3 is 2.57 bits per heavy atom. The van der Waals surface area contributed by atoms with Crippen molar-refractivity contribution in [2.24, 2.45) is 0 Å². The number of imide groups is 1. The molecule has 1 aliphatic rings. The molecule has 6 nitrogen and oxygen atoms in total. The van der Waals surface area contributed by atoms with E-state index in [1.54, 1.807) is 0 Å². The molecule has 10 heteroatoms. The Hall–Kier alpha value is -2.20. The molecule has 0 aliphatic carbocycles. The normalized spacial score (nSPS) is 15.1. The summed E-state index contributed by atoms with van der Waals surface area (Å²) >= 11 is -0.374. The van der Waals surface area contributed by atoms with E-state index in [1.165, 1.54) is 0 Å². The van der Waals surface area contributed by atoms with Gasteiger partial charge in [-0.05, 0) is 30.0 Å². The van der Waals surface area contributed by atoms with E-state index in [2.05, 4.69) is 5.32 Å². The number of rotatable bonds is 5. The number of alkyl halides is 3. The maximum absolute atomic E-state index is 12.4. The minimum Gasteiger partial charge on any atom is -0.506 e. The van der Waals surface area contributed by atoms with Crippen molar-refractivity contribution >= 4 is 29.3 Å². The number of benzene rings is 1. The van der Waals surface area contributed by atoms with E-state index in [-0.39, 0.29) is 40.3 Å². The molecule has 0 atom stereocenters. The van der Waals surface area contributed by atoms with E-state index in [9.17, 15) is 27.9 Å². The van der Waals surface area contributed by atoms with Crippen LogP contribution in [0, 0.1) is 0 Å². The molecule has 0 radical (unpaired) electrons. The van der Waals surface area contributed by atoms with Crippen LogP contribution >= 0.6 is 11.8 Å². The SMILES string of the molecule is O=C1C=C(Nc2cc(SC(F)(F)F)ccc2O)C(=O)N1CCO. The van der Waals surface area contributed by atoms with Crippen LogP contribution < -0.4 is 5.32 Å². The van der Waals surface area contributed by atoms with Crippen molar-refractivity contribution in [3.63, 3.8) is 0 Å². The molecule has 23 heavy (non-hydrogen) atoms. The number of anilines is 1. The lowest BCUT2D eigenvalue weighted by Gasteiger charge is -2.14. The number of aliphatic hydroxyl groups is 1. The highest BCUT2D eigenvalue weighted by molar-refractivity contribution is 8.00. The largest absolute Gasteiger partial charge is 0.506 e. The minimum atomic E-state index is -4.50. The molecule has 0 saturated heterocycles. The van der Waals surface area contributed by atoms with Crippen molar-refractivity contribution in [1.82, 2.24) is 4.90 Å². The summed E-state index contributed by atoms with van der Waals surface area (Å²) in [5.41, 5.74) is -4.84. The molecule has 1 aromatic rings. The first-order chi connectivity index (χ1) is 10.7. The highest BCUT2D eigenvalue weighted by atomic mass is 32.2. The number of carbonyl (C=O) groups is 2. The van der Waals surface area contributed by atoms with E-state index in [0.717, 1.165) is 29.2 Å².